The lowest BCUT2D eigenvalue weighted by atomic mass is 9.95. The van der Waals surface area contributed by atoms with Crippen LogP contribution < -0.4 is 10.6 Å². The van der Waals surface area contributed by atoms with Crippen molar-refractivity contribution in [3.05, 3.63) is 82.4 Å². The number of phenolic OH excluding ortho intramolecular Hbond substituents is 1. The number of halogens is 2. The van der Waals surface area contributed by atoms with Crippen molar-refractivity contribution in [3.8, 4) is 33.7 Å². The number of hydrogen-bond donors (Lipinski definition) is 2. The molecule has 1 aliphatic heterocycles. The molecule has 3 aromatic carbocycles. The van der Waals surface area contributed by atoms with Gasteiger partial charge in [0.15, 0.2) is 0 Å². The SMILES string of the molecule is CCN1CCN(c2cc(-c3cc(F)cc(-c4ccc(-n5ccn(C)c5=O)c(Cl)c4)c3O)cc3[nH]ncc23)CC1. The van der Waals surface area contributed by atoms with Crippen LogP contribution in [0.1, 0.15) is 6.92 Å². The van der Waals surface area contributed by atoms with Gasteiger partial charge in [0.2, 0.25) is 0 Å². The van der Waals surface area contributed by atoms with Crippen LogP contribution in [0.2, 0.25) is 5.02 Å². The zero-order valence-electron chi connectivity index (χ0n) is 21.7. The molecule has 10 heteroatoms. The maximum atomic E-state index is 15.0. The molecule has 1 fully saturated rings. The number of benzene rings is 3. The van der Waals surface area contributed by atoms with Gasteiger partial charge in [0.25, 0.3) is 0 Å². The first kappa shape index (κ1) is 25.2. The van der Waals surface area contributed by atoms with Crippen molar-refractivity contribution < 1.29 is 9.50 Å². The Balaban J connectivity index is 1.43. The molecule has 8 nitrogen and oxygen atoms in total. The first-order valence-corrected chi connectivity index (χ1v) is 13.2. The third-order valence-corrected chi connectivity index (χ3v) is 7.85. The van der Waals surface area contributed by atoms with Crippen LogP contribution in [0.25, 0.3) is 38.8 Å². The number of phenols is 1. The van der Waals surface area contributed by atoms with E-state index in [1.807, 2.05) is 12.1 Å². The molecule has 0 bridgehead atoms. The lowest BCUT2D eigenvalue weighted by molar-refractivity contribution is 0.271. The van der Waals surface area contributed by atoms with Gasteiger partial charge in [-0.3, -0.25) is 9.67 Å². The largest absolute Gasteiger partial charge is 0.507 e. The summed E-state index contributed by atoms with van der Waals surface area (Å²) in [5, 5.41) is 20.0. The molecule has 0 atom stereocenters. The maximum Gasteiger partial charge on any atom is 0.332 e. The minimum Gasteiger partial charge on any atom is -0.507 e. The van der Waals surface area contributed by atoms with Gasteiger partial charge in [0, 0.05) is 67.8 Å². The number of fused-ring (bicyclic) bond motifs is 1. The molecule has 0 aliphatic carbocycles. The van der Waals surface area contributed by atoms with E-state index in [1.54, 1.807) is 43.8 Å². The molecular formula is C29H28ClFN6O2. The van der Waals surface area contributed by atoms with Gasteiger partial charge < -0.3 is 19.5 Å². The van der Waals surface area contributed by atoms with Crippen LogP contribution in [0, 0.1) is 5.82 Å². The molecule has 5 aromatic rings. The molecule has 6 rings (SSSR count). The summed E-state index contributed by atoms with van der Waals surface area (Å²) >= 11 is 6.56. The number of imidazole rings is 1. The Bertz CT molecular complexity index is 1750. The number of anilines is 1. The normalized spacial score (nSPS) is 14.4. The van der Waals surface area contributed by atoms with E-state index in [9.17, 15) is 9.90 Å². The van der Waals surface area contributed by atoms with Gasteiger partial charge in [0.1, 0.15) is 11.6 Å². The van der Waals surface area contributed by atoms with Crippen LogP contribution in [0.5, 0.6) is 5.75 Å². The van der Waals surface area contributed by atoms with Crippen molar-refractivity contribution in [3.63, 3.8) is 0 Å². The lowest BCUT2D eigenvalue weighted by Crippen LogP contribution is -2.46. The average molecular weight is 547 g/mol. The molecule has 0 spiro atoms. The first-order valence-electron chi connectivity index (χ1n) is 12.9. The number of aromatic nitrogens is 4. The molecule has 2 N–H and O–H groups in total. The van der Waals surface area contributed by atoms with E-state index >= 15 is 4.39 Å². The second kappa shape index (κ2) is 9.91. The molecule has 1 aliphatic rings. The monoisotopic (exact) mass is 546 g/mol. The molecular weight excluding hydrogens is 519 g/mol. The van der Waals surface area contributed by atoms with Crippen molar-refractivity contribution in [1.82, 2.24) is 24.2 Å². The number of hydrogen-bond acceptors (Lipinski definition) is 5. The van der Waals surface area contributed by atoms with E-state index in [0.29, 0.717) is 33.0 Å². The van der Waals surface area contributed by atoms with Crippen molar-refractivity contribution in [2.75, 3.05) is 37.6 Å². The van der Waals surface area contributed by atoms with Crippen LogP contribution in [0.4, 0.5) is 10.1 Å². The van der Waals surface area contributed by atoms with E-state index < -0.39 is 5.82 Å². The second-order valence-electron chi connectivity index (χ2n) is 9.83. The quantitative estimate of drug-likeness (QED) is 0.323. The van der Waals surface area contributed by atoms with Crippen LogP contribution in [0.15, 0.2) is 65.8 Å². The highest BCUT2D eigenvalue weighted by atomic mass is 35.5. The number of nitrogens with one attached hydrogen (secondary N) is 1. The highest BCUT2D eigenvalue weighted by Gasteiger charge is 2.22. The Morgan fingerprint density at radius 2 is 1.74 bits per heavy atom. The Labute approximate surface area is 229 Å². The van der Waals surface area contributed by atoms with Gasteiger partial charge in [-0.05, 0) is 54.1 Å². The third kappa shape index (κ3) is 4.47. The lowest BCUT2D eigenvalue weighted by Gasteiger charge is -2.36. The summed E-state index contributed by atoms with van der Waals surface area (Å²) in [6.45, 7) is 6.84. The summed E-state index contributed by atoms with van der Waals surface area (Å²) in [5.41, 5.74) is 3.96. The minimum atomic E-state index is -0.486. The van der Waals surface area contributed by atoms with Crippen molar-refractivity contribution in [2.24, 2.45) is 7.05 Å². The van der Waals surface area contributed by atoms with E-state index in [2.05, 4.69) is 26.9 Å². The Kier molecular flexibility index (Phi) is 6.40. The van der Waals surface area contributed by atoms with Crippen LogP contribution in [-0.2, 0) is 7.05 Å². The molecule has 0 amide bonds. The van der Waals surface area contributed by atoms with Crippen molar-refractivity contribution in [2.45, 2.75) is 6.92 Å². The van der Waals surface area contributed by atoms with Gasteiger partial charge in [-0.25, -0.2) is 9.18 Å². The van der Waals surface area contributed by atoms with Gasteiger partial charge in [-0.15, -0.1) is 0 Å². The second-order valence-corrected chi connectivity index (χ2v) is 10.2. The molecule has 1 saturated heterocycles. The highest BCUT2D eigenvalue weighted by Crippen LogP contribution is 2.42. The number of rotatable bonds is 5. The van der Waals surface area contributed by atoms with Gasteiger partial charge in [-0.2, -0.15) is 5.10 Å². The fourth-order valence-electron chi connectivity index (χ4n) is 5.31. The van der Waals surface area contributed by atoms with Crippen LogP contribution in [0.3, 0.4) is 0 Å². The zero-order chi connectivity index (χ0) is 27.3. The predicted molar refractivity (Wildman–Crippen MR) is 152 cm³/mol. The fourth-order valence-corrected chi connectivity index (χ4v) is 5.58. The number of aryl methyl sites for hydroxylation is 1. The number of aromatic hydroxyl groups is 1. The number of aromatic amines is 1. The highest BCUT2D eigenvalue weighted by molar-refractivity contribution is 6.32. The number of piperazine rings is 1. The molecule has 200 valence electrons. The molecule has 0 unspecified atom stereocenters. The minimum absolute atomic E-state index is 0.0577. The maximum absolute atomic E-state index is 15.0. The summed E-state index contributed by atoms with van der Waals surface area (Å²) in [6, 6.07) is 11.5. The van der Waals surface area contributed by atoms with Crippen LogP contribution in [-0.4, -0.2) is 62.1 Å². The summed E-state index contributed by atoms with van der Waals surface area (Å²) < 4.78 is 17.9. The summed E-state index contributed by atoms with van der Waals surface area (Å²) in [7, 11) is 1.66. The third-order valence-electron chi connectivity index (χ3n) is 7.55. The first-order chi connectivity index (χ1) is 18.8. The number of likely N-dealkylation sites (N-methyl/N-ethyl adjacent to an activating group) is 1. The van der Waals surface area contributed by atoms with E-state index in [4.69, 9.17) is 11.6 Å². The van der Waals surface area contributed by atoms with E-state index in [1.165, 1.54) is 21.3 Å². The average Bonchev–Trinajstić information content (AvgIpc) is 3.55. The van der Waals surface area contributed by atoms with Gasteiger partial charge in [-0.1, -0.05) is 24.6 Å². The topological polar surface area (TPSA) is 82.3 Å². The van der Waals surface area contributed by atoms with E-state index in [-0.39, 0.29) is 11.4 Å². The standard InChI is InChI=1S/C29H28ClFN6O2/c1-3-35-7-9-36(10-8-35)27-14-19(13-25-23(27)17-32-33-25)22-16-20(31)15-21(28(22)38)18-4-5-26(24(30)12-18)37-11-6-34(2)29(37)39/h4-6,11-17,38H,3,7-10H2,1-2H3,(H,32,33). The zero-order valence-corrected chi connectivity index (χ0v) is 22.4. The predicted octanol–water partition coefficient (Wildman–Crippen LogP) is 5.03. The van der Waals surface area contributed by atoms with Crippen LogP contribution >= 0.6 is 11.6 Å². The van der Waals surface area contributed by atoms with Crippen molar-refractivity contribution >= 4 is 28.2 Å². The Morgan fingerprint density at radius 3 is 2.41 bits per heavy atom. The molecule has 39 heavy (non-hydrogen) atoms. The fraction of sp³-hybridized carbons (Fsp3) is 0.241. The molecule has 2 aromatic heterocycles. The van der Waals surface area contributed by atoms with Gasteiger partial charge in [0.05, 0.1) is 22.4 Å². The summed E-state index contributed by atoms with van der Waals surface area (Å²) in [5.74, 6) is -0.544. The Morgan fingerprint density at radius 1 is 1.00 bits per heavy atom. The number of H-pyrrole nitrogens is 1. The summed E-state index contributed by atoms with van der Waals surface area (Å²) in [6.07, 6.45) is 5.08. The molecule has 0 radical (unpaired) electrons. The van der Waals surface area contributed by atoms with Crippen molar-refractivity contribution in [1.29, 1.82) is 0 Å². The Hall–Kier alpha value is -4.08. The smallest absolute Gasteiger partial charge is 0.332 e. The molecule has 3 heterocycles. The summed E-state index contributed by atoms with van der Waals surface area (Å²) in [4.78, 5) is 17.1. The van der Waals surface area contributed by atoms with E-state index in [0.717, 1.165) is 49.3 Å². The number of nitrogens with zero attached hydrogens (tertiary/aromatic N) is 5. The molecule has 0 saturated carbocycles. The van der Waals surface area contributed by atoms with Gasteiger partial charge >= 0.3 is 5.69 Å².